The number of rotatable bonds is 8. The monoisotopic (exact) mass is 565 g/mol. The number of pyridine rings is 1. The molecule has 5 rings (SSSR count). The summed E-state index contributed by atoms with van der Waals surface area (Å²) in [5.41, 5.74) is 18.9. The lowest BCUT2D eigenvalue weighted by Crippen LogP contribution is -2.27. The fraction of sp³-hybridized carbons (Fsp3) is 0.129. The molecule has 0 saturated carbocycles. The van der Waals surface area contributed by atoms with Gasteiger partial charge in [0.05, 0.1) is 6.54 Å². The van der Waals surface area contributed by atoms with E-state index in [1.54, 1.807) is 17.5 Å². The SMILES string of the molecule is CN(C)CC(=O)Nc1ccc(-c2cnc(N)c3c(-c4ccc(NC(=O)Nc5cccc(CN)c5)cc4)csc23)cc1. The Morgan fingerprint density at radius 2 is 1.49 bits per heavy atom. The molecule has 2 aromatic heterocycles. The van der Waals surface area contributed by atoms with E-state index in [9.17, 15) is 9.59 Å². The van der Waals surface area contributed by atoms with Gasteiger partial charge in [0, 0.05) is 51.0 Å². The number of nitrogen functional groups attached to an aromatic ring is 1. The molecule has 0 atom stereocenters. The molecule has 9 nitrogen and oxygen atoms in total. The number of benzene rings is 3. The molecule has 0 radical (unpaired) electrons. The average Bonchev–Trinajstić information content (AvgIpc) is 3.40. The average molecular weight is 566 g/mol. The van der Waals surface area contributed by atoms with Crippen LogP contribution in [-0.4, -0.2) is 42.5 Å². The van der Waals surface area contributed by atoms with Gasteiger partial charge >= 0.3 is 6.03 Å². The summed E-state index contributed by atoms with van der Waals surface area (Å²) in [6.07, 6.45) is 1.78. The Labute approximate surface area is 242 Å². The number of nitrogens with two attached hydrogens (primary N) is 2. The number of urea groups is 1. The fourth-order valence-electron chi connectivity index (χ4n) is 4.51. The quantitative estimate of drug-likeness (QED) is 0.161. The van der Waals surface area contributed by atoms with Gasteiger partial charge < -0.3 is 32.3 Å². The van der Waals surface area contributed by atoms with E-state index in [1.807, 2.05) is 91.8 Å². The lowest BCUT2D eigenvalue weighted by molar-refractivity contribution is -0.116. The zero-order valence-corrected chi connectivity index (χ0v) is 23.6. The third kappa shape index (κ3) is 6.52. The summed E-state index contributed by atoms with van der Waals surface area (Å²) in [6.45, 7) is 0.719. The molecule has 3 amide bonds. The minimum absolute atomic E-state index is 0.0682. The summed E-state index contributed by atoms with van der Waals surface area (Å²) < 4.78 is 1.03. The van der Waals surface area contributed by atoms with Gasteiger partial charge in [0.15, 0.2) is 0 Å². The van der Waals surface area contributed by atoms with Crippen molar-refractivity contribution < 1.29 is 9.59 Å². The van der Waals surface area contributed by atoms with Crippen molar-refractivity contribution in [1.29, 1.82) is 0 Å². The van der Waals surface area contributed by atoms with Crippen molar-refractivity contribution in [2.24, 2.45) is 5.73 Å². The number of thiophene rings is 1. The molecule has 0 bridgehead atoms. The minimum atomic E-state index is -0.339. The number of carbonyl (C=O) groups is 2. The van der Waals surface area contributed by atoms with Gasteiger partial charge in [-0.25, -0.2) is 9.78 Å². The van der Waals surface area contributed by atoms with Crippen LogP contribution in [0.2, 0.25) is 0 Å². The summed E-state index contributed by atoms with van der Waals surface area (Å²) in [5, 5.41) is 11.6. The third-order valence-corrected chi connectivity index (χ3v) is 7.45. The number of nitrogens with zero attached hydrogens (tertiary/aromatic N) is 2. The maximum atomic E-state index is 12.5. The maximum absolute atomic E-state index is 12.5. The lowest BCUT2D eigenvalue weighted by atomic mass is 10.0. The van der Waals surface area contributed by atoms with E-state index in [0.29, 0.717) is 30.3 Å². The van der Waals surface area contributed by atoms with Crippen LogP contribution in [-0.2, 0) is 11.3 Å². The number of hydrogen-bond acceptors (Lipinski definition) is 7. The number of fused-ring (bicyclic) bond motifs is 1. The second kappa shape index (κ2) is 12.2. The van der Waals surface area contributed by atoms with Gasteiger partial charge in [-0.3, -0.25) is 4.79 Å². The van der Waals surface area contributed by atoms with Crippen LogP contribution in [0.25, 0.3) is 32.3 Å². The predicted octanol–water partition coefficient (Wildman–Crippen LogP) is 5.82. The second-order valence-electron chi connectivity index (χ2n) is 9.83. The van der Waals surface area contributed by atoms with Crippen LogP contribution >= 0.6 is 11.3 Å². The molecule has 0 aliphatic rings. The number of anilines is 4. The Bertz CT molecular complexity index is 1700. The van der Waals surface area contributed by atoms with Gasteiger partial charge in [0.25, 0.3) is 0 Å². The largest absolute Gasteiger partial charge is 0.383 e. The number of nitrogens with one attached hydrogen (secondary N) is 3. The first-order valence-corrected chi connectivity index (χ1v) is 13.9. The molecule has 10 heteroatoms. The van der Waals surface area contributed by atoms with E-state index in [4.69, 9.17) is 11.5 Å². The van der Waals surface area contributed by atoms with Crippen LogP contribution in [0.4, 0.5) is 27.7 Å². The molecular formula is C31H31N7O2S. The van der Waals surface area contributed by atoms with Crippen molar-refractivity contribution in [3.8, 4) is 22.3 Å². The van der Waals surface area contributed by atoms with Crippen molar-refractivity contribution in [3.63, 3.8) is 0 Å². The molecule has 3 aromatic carbocycles. The van der Waals surface area contributed by atoms with E-state index in [0.717, 1.165) is 43.6 Å². The molecule has 5 aromatic rings. The fourth-order valence-corrected chi connectivity index (χ4v) is 5.63. The van der Waals surface area contributed by atoms with Gasteiger partial charge in [-0.05, 0) is 72.6 Å². The Morgan fingerprint density at radius 1 is 0.854 bits per heavy atom. The van der Waals surface area contributed by atoms with Gasteiger partial charge in [-0.15, -0.1) is 11.3 Å². The normalized spacial score (nSPS) is 11.0. The molecule has 208 valence electrons. The summed E-state index contributed by atoms with van der Waals surface area (Å²) >= 11 is 1.60. The first kappa shape index (κ1) is 27.8. The molecule has 0 spiro atoms. The van der Waals surface area contributed by atoms with Crippen molar-refractivity contribution >= 4 is 56.2 Å². The van der Waals surface area contributed by atoms with Crippen LogP contribution < -0.4 is 27.4 Å². The highest BCUT2D eigenvalue weighted by atomic mass is 32.1. The highest BCUT2D eigenvalue weighted by Gasteiger charge is 2.16. The number of aromatic nitrogens is 1. The van der Waals surface area contributed by atoms with Crippen molar-refractivity contribution in [2.75, 3.05) is 42.3 Å². The van der Waals surface area contributed by atoms with E-state index in [-0.39, 0.29) is 11.9 Å². The topological polar surface area (TPSA) is 138 Å². The summed E-state index contributed by atoms with van der Waals surface area (Å²) in [4.78, 5) is 30.9. The summed E-state index contributed by atoms with van der Waals surface area (Å²) in [5.74, 6) is 0.384. The Kier molecular flexibility index (Phi) is 8.25. The molecule has 41 heavy (non-hydrogen) atoms. The molecule has 0 fully saturated rings. The van der Waals surface area contributed by atoms with Gasteiger partial charge in [-0.1, -0.05) is 36.4 Å². The number of amides is 3. The predicted molar refractivity (Wildman–Crippen MR) is 169 cm³/mol. The summed E-state index contributed by atoms with van der Waals surface area (Å²) in [6, 6.07) is 22.4. The van der Waals surface area contributed by atoms with Crippen molar-refractivity contribution in [3.05, 3.63) is 89.9 Å². The Morgan fingerprint density at radius 3 is 2.15 bits per heavy atom. The molecule has 7 N–H and O–H groups in total. The van der Waals surface area contributed by atoms with Gasteiger partial charge in [-0.2, -0.15) is 0 Å². The first-order valence-electron chi connectivity index (χ1n) is 13.0. The van der Waals surface area contributed by atoms with Crippen LogP contribution in [0, 0.1) is 0 Å². The Balaban J connectivity index is 1.33. The Hall–Kier alpha value is -4.77. The molecular weight excluding hydrogens is 534 g/mol. The van der Waals surface area contributed by atoms with Crippen molar-refractivity contribution in [2.45, 2.75) is 6.54 Å². The maximum Gasteiger partial charge on any atom is 0.323 e. The van der Waals surface area contributed by atoms with Crippen LogP contribution in [0.3, 0.4) is 0 Å². The first-order chi connectivity index (χ1) is 19.8. The van der Waals surface area contributed by atoms with E-state index in [1.165, 1.54) is 0 Å². The van der Waals surface area contributed by atoms with E-state index >= 15 is 0 Å². The van der Waals surface area contributed by atoms with Crippen LogP contribution in [0.1, 0.15) is 5.56 Å². The zero-order chi connectivity index (χ0) is 28.9. The van der Waals surface area contributed by atoms with E-state index in [2.05, 4.69) is 26.3 Å². The molecule has 0 unspecified atom stereocenters. The lowest BCUT2D eigenvalue weighted by Gasteiger charge is -2.11. The van der Waals surface area contributed by atoms with Gasteiger partial charge in [0.1, 0.15) is 5.82 Å². The van der Waals surface area contributed by atoms with Crippen LogP contribution in [0.15, 0.2) is 84.4 Å². The highest BCUT2D eigenvalue weighted by Crippen LogP contribution is 2.42. The second-order valence-corrected chi connectivity index (χ2v) is 10.7. The minimum Gasteiger partial charge on any atom is -0.383 e. The van der Waals surface area contributed by atoms with Crippen LogP contribution in [0.5, 0.6) is 0 Å². The standard InChI is InChI=1S/C31H31N7O2S/c1-38(2)17-27(39)35-22-10-6-20(7-11-22)25-16-34-30(33)28-26(18-41-29(25)28)21-8-12-23(13-9-21)36-31(40)37-24-5-3-4-19(14-24)15-32/h3-14,16,18H,15,17,32H2,1-2H3,(H2,33,34)(H,35,39)(H2,36,37,40). The molecule has 0 aliphatic heterocycles. The third-order valence-electron chi connectivity index (χ3n) is 6.44. The summed E-state index contributed by atoms with van der Waals surface area (Å²) in [7, 11) is 3.71. The van der Waals surface area contributed by atoms with E-state index < -0.39 is 0 Å². The smallest absolute Gasteiger partial charge is 0.323 e. The highest BCUT2D eigenvalue weighted by molar-refractivity contribution is 7.18. The molecule has 0 aliphatic carbocycles. The molecule has 0 saturated heterocycles. The number of carbonyl (C=O) groups excluding carboxylic acids is 2. The molecule has 2 heterocycles. The number of likely N-dealkylation sites (N-methyl/N-ethyl adjacent to an activating group) is 1. The number of hydrogen-bond donors (Lipinski definition) is 5. The zero-order valence-electron chi connectivity index (χ0n) is 22.8. The van der Waals surface area contributed by atoms with Crippen molar-refractivity contribution in [1.82, 2.24) is 9.88 Å². The van der Waals surface area contributed by atoms with Gasteiger partial charge in [0.2, 0.25) is 5.91 Å².